The Labute approximate surface area is 94.3 Å². The highest BCUT2D eigenvalue weighted by Crippen LogP contribution is 2.35. The maximum absolute atomic E-state index is 10.7. The van der Waals surface area contributed by atoms with Crippen molar-refractivity contribution < 1.29 is 19.4 Å². The van der Waals surface area contributed by atoms with Crippen molar-refractivity contribution in [1.29, 1.82) is 0 Å². The van der Waals surface area contributed by atoms with Crippen LogP contribution in [-0.4, -0.2) is 35.7 Å². The number of rotatable bonds is 8. The molecule has 0 saturated carbocycles. The minimum absolute atomic E-state index is 0.176. The lowest BCUT2D eigenvalue weighted by Gasteiger charge is -1.98. The summed E-state index contributed by atoms with van der Waals surface area (Å²) in [4.78, 5) is 20.8. The molecule has 0 aliphatic carbocycles. The van der Waals surface area contributed by atoms with E-state index in [1.165, 1.54) is 38.5 Å². The molecule has 0 aromatic heterocycles. The second-order valence-electron chi connectivity index (χ2n) is 2.18. The molecule has 14 heavy (non-hydrogen) atoms. The number of hydrogen-bond acceptors (Lipinski definition) is 6. The van der Waals surface area contributed by atoms with Gasteiger partial charge in [-0.1, -0.05) is 21.6 Å². The van der Waals surface area contributed by atoms with E-state index in [9.17, 15) is 9.59 Å². The normalized spacial score (nSPS) is 9.79. The summed E-state index contributed by atoms with van der Waals surface area (Å²) in [6.07, 6.45) is 0.572. The first kappa shape index (κ1) is 14.0. The van der Waals surface area contributed by atoms with Gasteiger partial charge >= 0.3 is 11.9 Å². The highest BCUT2D eigenvalue weighted by atomic mass is 33.5. The first-order valence-electron chi connectivity index (χ1n) is 3.86. The zero-order chi connectivity index (χ0) is 10.8. The van der Waals surface area contributed by atoms with Crippen LogP contribution in [0, 0.1) is 0 Å². The van der Waals surface area contributed by atoms with E-state index in [-0.39, 0.29) is 12.4 Å². The molecule has 0 amide bonds. The van der Waals surface area contributed by atoms with Crippen molar-refractivity contribution in [3.63, 3.8) is 0 Å². The SMILES string of the molecule is COC(=O)CCSSSCCC(=O)O. The van der Waals surface area contributed by atoms with Gasteiger partial charge < -0.3 is 9.84 Å². The number of methoxy groups -OCH3 is 1. The maximum atomic E-state index is 10.7. The van der Waals surface area contributed by atoms with E-state index in [0.29, 0.717) is 17.9 Å². The summed E-state index contributed by atoms with van der Waals surface area (Å²) in [5.41, 5.74) is 0. The van der Waals surface area contributed by atoms with Crippen LogP contribution in [0.15, 0.2) is 0 Å². The Morgan fingerprint density at radius 1 is 1.21 bits per heavy atom. The molecule has 0 fully saturated rings. The van der Waals surface area contributed by atoms with E-state index in [4.69, 9.17) is 5.11 Å². The lowest BCUT2D eigenvalue weighted by atomic mass is 10.5. The van der Waals surface area contributed by atoms with Crippen LogP contribution in [0.4, 0.5) is 0 Å². The van der Waals surface area contributed by atoms with Crippen LogP contribution in [-0.2, 0) is 14.3 Å². The van der Waals surface area contributed by atoms with Crippen LogP contribution in [0.1, 0.15) is 12.8 Å². The summed E-state index contributed by atoms with van der Waals surface area (Å²) < 4.78 is 4.46. The van der Waals surface area contributed by atoms with E-state index in [1.54, 1.807) is 0 Å². The van der Waals surface area contributed by atoms with Gasteiger partial charge in [-0.25, -0.2) is 0 Å². The number of aliphatic carboxylic acids is 1. The molecule has 1 N–H and O–H groups in total. The van der Waals surface area contributed by atoms with Crippen molar-refractivity contribution in [1.82, 2.24) is 0 Å². The van der Waals surface area contributed by atoms with Crippen LogP contribution in [0.25, 0.3) is 0 Å². The van der Waals surface area contributed by atoms with Crippen LogP contribution in [0.2, 0.25) is 0 Å². The Bertz CT molecular complexity index is 186. The minimum Gasteiger partial charge on any atom is -0.481 e. The summed E-state index contributed by atoms with van der Waals surface area (Å²) >= 11 is 0. The highest BCUT2D eigenvalue weighted by Gasteiger charge is 2.01. The maximum Gasteiger partial charge on any atom is 0.306 e. The van der Waals surface area contributed by atoms with Gasteiger partial charge in [0, 0.05) is 11.5 Å². The zero-order valence-electron chi connectivity index (χ0n) is 7.73. The largest absolute Gasteiger partial charge is 0.481 e. The Morgan fingerprint density at radius 3 is 2.29 bits per heavy atom. The fourth-order valence-electron chi connectivity index (χ4n) is 0.458. The molecule has 0 radical (unpaired) electrons. The summed E-state index contributed by atoms with van der Waals surface area (Å²) in [6.45, 7) is 0. The van der Waals surface area contributed by atoms with E-state index in [0.717, 1.165) is 0 Å². The second-order valence-corrected chi connectivity index (χ2v) is 6.65. The first-order valence-corrected chi connectivity index (χ1v) is 7.68. The standard InChI is InChI=1S/C7H12O4S3/c1-11-7(10)3-5-13-14-12-4-2-6(8)9/h2-5H2,1H3,(H,8,9). The number of carboxylic acid groups (broad SMARTS) is 1. The number of esters is 1. The van der Waals surface area contributed by atoms with Crippen molar-refractivity contribution in [3.8, 4) is 0 Å². The van der Waals surface area contributed by atoms with E-state index < -0.39 is 5.97 Å². The zero-order valence-corrected chi connectivity index (χ0v) is 10.2. The molecule has 0 rings (SSSR count). The quantitative estimate of drug-likeness (QED) is 0.405. The Morgan fingerprint density at radius 2 is 1.79 bits per heavy atom. The lowest BCUT2D eigenvalue weighted by molar-refractivity contribution is -0.140. The molecule has 0 atom stereocenters. The van der Waals surface area contributed by atoms with Gasteiger partial charge in [0.25, 0.3) is 0 Å². The predicted molar refractivity (Wildman–Crippen MR) is 61.4 cm³/mol. The van der Waals surface area contributed by atoms with Gasteiger partial charge in [0.2, 0.25) is 0 Å². The molecule has 4 nitrogen and oxygen atoms in total. The lowest BCUT2D eigenvalue weighted by Crippen LogP contribution is -2.00. The number of carbonyl (C=O) groups excluding carboxylic acids is 1. The highest BCUT2D eigenvalue weighted by molar-refractivity contribution is 9.09. The number of hydrogen-bond donors (Lipinski definition) is 1. The summed E-state index contributed by atoms with van der Waals surface area (Å²) in [5, 5.41) is 8.33. The molecule has 7 heteroatoms. The number of carbonyl (C=O) groups is 2. The van der Waals surface area contributed by atoms with Crippen LogP contribution < -0.4 is 0 Å². The predicted octanol–water partition coefficient (Wildman–Crippen LogP) is 2.05. The second kappa shape index (κ2) is 9.54. The molecule has 0 aliphatic heterocycles. The Balaban J connectivity index is 3.06. The molecule has 82 valence electrons. The van der Waals surface area contributed by atoms with Crippen molar-refractivity contribution >= 4 is 43.4 Å². The molecular weight excluding hydrogens is 244 g/mol. The average molecular weight is 256 g/mol. The topological polar surface area (TPSA) is 63.6 Å². The van der Waals surface area contributed by atoms with Crippen molar-refractivity contribution in [3.05, 3.63) is 0 Å². The average Bonchev–Trinajstić information content (AvgIpc) is 2.15. The first-order chi connectivity index (χ1) is 6.66. The molecular formula is C7H12O4S3. The van der Waals surface area contributed by atoms with E-state index in [1.807, 2.05) is 0 Å². The molecule has 0 bridgehead atoms. The van der Waals surface area contributed by atoms with Crippen molar-refractivity contribution in [2.45, 2.75) is 12.8 Å². The molecule has 0 spiro atoms. The number of ether oxygens (including phenoxy) is 1. The fourth-order valence-corrected chi connectivity index (χ4v) is 4.12. The third kappa shape index (κ3) is 10.1. The summed E-state index contributed by atoms with van der Waals surface area (Å²) in [5.74, 6) is 0.286. The monoisotopic (exact) mass is 256 g/mol. The van der Waals surface area contributed by atoms with Gasteiger partial charge in [-0.3, -0.25) is 9.59 Å². The molecule has 0 aromatic rings. The van der Waals surface area contributed by atoms with Crippen LogP contribution in [0.5, 0.6) is 0 Å². The van der Waals surface area contributed by atoms with Gasteiger partial charge in [0.15, 0.2) is 0 Å². The Kier molecular flexibility index (Phi) is 9.53. The van der Waals surface area contributed by atoms with Crippen LogP contribution in [0.3, 0.4) is 0 Å². The van der Waals surface area contributed by atoms with Gasteiger partial charge in [-0.2, -0.15) is 0 Å². The molecule has 0 aliphatic rings. The summed E-state index contributed by atoms with van der Waals surface area (Å²) in [7, 11) is 5.89. The molecule has 0 unspecified atom stereocenters. The van der Waals surface area contributed by atoms with Gasteiger partial charge in [0.05, 0.1) is 20.0 Å². The molecule has 0 heterocycles. The Hall–Kier alpha value is -0.0100. The molecule has 0 aromatic carbocycles. The molecule has 0 saturated heterocycles. The third-order valence-electron chi connectivity index (χ3n) is 1.11. The minimum atomic E-state index is -0.780. The third-order valence-corrected chi connectivity index (χ3v) is 5.36. The van der Waals surface area contributed by atoms with Crippen molar-refractivity contribution in [2.75, 3.05) is 18.6 Å². The fraction of sp³-hybridized carbons (Fsp3) is 0.714. The van der Waals surface area contributed by atoms with E-state index in [2.05, 4.69) is 4.74 Å². The van der Waals surface area contributed by atoms with Crippen molar-refractivity contribution in [2.24, 2.45) is 0 Å². The smallest absolute Gasteiger partial charge is 0.306 e. The van der Waals surface area contributed by atoms with Crippen LogP contribution >= 0.6 is 31.4 Å². The number of carboxylic acids is 1. The summed E-state index contributed by atoms with van der Waals surface area (Å²) in [6, 6.07) is 0. The van der Waals surface area contributed by atoms with Gasteiger partial charge in [0.1, 0.15) is 0 Å². The van der Waals surface area contributed by atoms with Gasteiger partial charge in [-0.05, 0) is 9.83 Å². The van der Waals surface area contributed by atoms with E-state index >= 15 is 0 Å². The van der Waals surface area contributed by atoms with Gasteiger partial charge in [-0.15, -0.1) is 0 Å².